The topological polar surface area (TPSA) is 76.7 Å². The van der Waals surface area contributed by atoms with Crippen LogP contribution in [0.3, 0.4) is 0 Å². The molecule has 1 rings (SSSR count). The molecule has 1 aliphatic rings. The van der Waals surface area contributed by atoms with Crippen LogP contribution in [-0.2, 0) is 14.3 Å². The Labute approximate surface area is 146 Å². The Morgan fingerprint density at radius 1 is 1.12 bits per heavy atom. The first-order valence-electron chi connectivity index (χ1n) is 8.98. The highest BCUT2D eigenvalue weighted by molar-refractivity contribution is 5.86. The van der Waals surface area contributed by atoms with Gasteiger partial charge in [-0.15, -0.1) is 0 Å². The van der Waals surface area contributed by atoms with Crippen LogP contribution in [0.5, 0.6) is 0 Å². The number of carbonyl (C=O) groups is 2. The first-order chi connectivity index (χ1) is 11.0. The van der Waals surface area contributed by atoms with E-state index in [2.05, 4.69) is 10.6 Å². The molecule has 0 saturated heterocycles. The Kier molecular flexibility index (Phi) is 7.52. The highest BCUT2D eigenvalue weighted by Gasteiger charge is 2.32. The molecule has 0 radical (unpaired) electrons. The van der Waals surface area contributed by atoms with Crippen LogP contribution in [0.25, 0.3) is 0 Å². The van der Waals surface area contributed by atoms with Crippen LogP contribution in [0.1, 0.15) is 67.7 Å². The van der Waals surface area contributed by atoms with Gasteiger partial charge in [-0.25, -0.2) is 4.79 Å². The van der Waals surface area contributed by atoms with Crippen molar-refractivity contribution in [1.29, 1.82) is 0 Å². The molecule has 0 heterocycles. The van der Waals surface area contributed by atoms with E-state index in [1.807, 2.05) is 27.7 Å². The summed E-state index contributed by atoms with van der Waals surface area (Å²) in [6.07, 6.45) is 2.32. The number of carbonyl (C=O) groups excluding carboxylic acids is 2. The molecule has 0 aromatic rings. The highest BCUT2D eigenvalue weighted by Crippen LogP contribution is 2.34. The summed E-state index contributed by atoms with van der Waals surface area (Å²) < 4.78 is 11.1. The van der Waals surface area contributed by atoms with Gasteiger partial charge < -0.3 is 20.1 Å². The van der Waals surface area contributed by atoms with E-state index in [-0.39, 0.29) is 24.2 Å². The van der Waals surface area contributed by atoms with Gasteiger partial charge in [0.25, 0.3) is 0 Å². The Bertz CT molecular complexity index is 429. The van der Waals surface area contributed by atoms with E-state index in [9.17, 15) is 9.59 Å². The largest absolute Gasteiger partial charge is 0.444 e. The van der Waals surface area contributed by atoms with Crippen molar-refractivity contribution in [2.24, 2.45) is 11.8 Å². The van der Waals surface area contributed by atoms with E-state index in [0.717, 1.165) is 6.42 Å². The number of hydrogen-bond acceptors (Lipinski definition) is 4. The third kappa shape index (κ3) is 7.51. The fraction of sp³-hybridized carbons (Fsp3) is 0.889. The third-order valence-electron chi connectivity index (χ3n) is 4.22. The van der Waals surface area contributed by atoms with E-state index >= 15 is 0 Å². The molecule has 0 bridgehead atoms. The molecular formula is C18H34N2O4. The predicted octanol–water partition coefficient (Wildman–Crippen LogP) is 3.20. The molecule has 2 N–H and O–H groups in total. The minimum absolute atomic E-state index is 0.00873. The van der Waals surface area contributed by atoms with Gasteiger partial charge in [0.1, 0.15) is 17.9 Å². The zero-order chi connectivity index (χ0) is 18.5. The van der Waals surface area contributed by atoms with E-state index in [1.165, 1.54) is 12.8 Å². The lowest BCUT2D eigenvalue weighted by molar-refractivity contribution is -0.130. The summed E-state index contributed by atoms with van der Waals surface area (Å²) in [4.78, 5) is 24.6. The molecule has 1 fully saturated rings. The summed E-state index contributed by atoms with van der Waals surface area (Å²) in [6.45, 7) is 13.1. The lowest BCUT2D eigenvalue weighted by atomic mass is 9.98. The van der Waals surface area contributed by atoms with Crippen molar-refractivity contribution >= 4 is 12.0 Å². The maximum atomic E-state index is 12.6. The Hall–Kier alpha value is -1.30. The van der Waals surface area contributed by atoms with Crippen LogP contribution in [0.2, 0.25) is 0 Å². The van der Waals surface area contributed by atoms with Gasteiger partial charge in [0, 0.05) is 0 Å². The standard InChI is InChI=1S/C18H34N2O4/c1-8-11(2)15(20-17(22)24-18(5,6)7)16(21)19-13(4)23-12(3)14-9-10-14/h11-15H,8-10H2,1-7H3,(H,19,21)(H,20,22)/t11-,12?,13?,15-/m0/s1. The zero-order valence-corrected chi connectivity index (χ0v) is 16.1. The molecule has 0 aromatic carbocycles. The van der Waals surface area contributed by atoms with E-state index in [4.69, 9.17) is 9.47 Å². The van der Waals surface area contributed by atoms with Crippen LogP contribution in [-0.4, -0.2) is 36.0 Å². The molecule has 24 heavy (non-hydrogen) atoms. The Morgan fingerprint density at radius 2 is 1.71 bits per heavy atom. The first kappa shape index (κ1) is 20.7. The number of alkyl carbamates (subject to hydrolysis) is 1. The number of nitrogens with one attached hydrogen (secondary N) is 2. The second-order valence-corrected chi connectivity index (χ2v) is 7.84. The average Bonchev–Trinajstić information content (AvgIpc) is 3.26. The smallest absolute Gasteiger partial charge is 0.408 e. The van der Waals surface area contributed by atoms with Gasteiger partial charge in [0.2, 0.25) is 5.91 Å². The van der Waals surface area contributed by atoms with Crippen molar-refractivity contribution in [3.63, 3.8) is 0 Å². The summed E-state index contributed by atoms with van der Waals surface area (Å²) >= 11 is 0. The van der Waals surface area contributed by atoms with Crippen molar-refractivity contribution in [3.8, 4) is 0 Å². The number of hydrogen-bond donors (Lipinski definition) is 2. The molecule has 2 unspecified atom stereocenters. The molecule has 6 nitrogen and oxygen atoms in total. The van der Waals surface area contributed by atoms with Crippen molar-refractivity contribution < 1.29 is 19.1 Å². The SMILES string of the molecule is CC[C@H](C)[C@H](NC(=O)OC(C)(C)C)C(=O)NC(C)OC(C)C1CC1. The van der Waals surface area contributed by atoms with E-state index < -0.39 is 17.7 Å². The summed E-state index contributed by atoms with van der Waals surface area (Å²) in [5, 5.41) is 5.53. The molecule has 1 aliphatic carbocycles. The average molecular weight is 342 g/mol. The third-order valence-corrected chi connectivity index (χ3v) is 4.22. The van der Waals surface area contributed by atoms with Crippen LogP contribution in [0.15, 0.2) is 0 Å². The summed E-state index contributed by atoms with van der Waals surface area (Å²) in [5.41, 5.74) is -0.601. The fourth-order valence-corrected chi connectivity index (χ4v) is 2.46. The summed E-state index contributed by atoms with van der Waals surface area (Å²) in [6, 6.07) is -0.646. The zero-order valence-electron chi connectivity index (χ0n) is 16.1. The minimum atomic E-state index is -0.646. The Morgan fingerprint density at radius 3 is 2.17 bits per heavy atom. The lowest BCUT2D eigenvalue weighted by Gasteiger charge is -2.28. The van der Waals surface area contributed by atoms with E-state index in [1.54, 1.807) is 20.8 Å². The van der Waals surface area contributed by atoms with Gasteiger partial charge in [-0.2, -0.15) is 0 Å². The van der Waals surface area contributed by atoms with Gasteiger partial charge in [-0.05, 0) is 59.3 Å². The quantitative estimate of drug-likeness (QED) is 0.664. The highest BCUT2D eigenvalue weighted by atomic mass is 16.6. The molecule has 140 valence electrons. The number of rotatable bonds is 8. The normalized spacial score (nSPS) is 19.8. The molecule has 0 aliphatic heterocycles. The molecule has 4 atom stereocenters. The van der Waals surface area contributed by atoms with Crippen molar-refractivity contribution in [2.45, 2.75) is 91.7 Å². The van der Waals surface area contributed by atoms with Gasteiger partial charge in [-0.1, -0.05) is 20.3 Å². The summed E-state index contributed by atoms with van der Waals surface area (Å²) in [7, 11) is 0. The first-order valence-corrected chi connectivity index (χ1v) is 8.98. The van der Waals surface area contributed by atoms with Crippen LogP contribution in [0, 0.1) is 11.8 Å². The maximum Gasteiger partial charge on any atom is 0.408 e. The van der Waals surface area contributed by atoms with Gasteiger partial charge in [0.15, 0.2) is 0 Å². The van der Waals surface area contributed by atoms with Gasteiger partial charge >= 0.3 is 6.09 Å². The van der Waals surface area contributed by atoms with Crippen LogP contribution in [0.4, 0.5) is 4.79 Å². The fourth-order valence-electron chi connectivity index (χ4n) is 2.46. The molecular weight excluding hydrogens is 308 g/mol. The number of ether oxygens (including phenoxy) is 2. The summed E-state index contributed by atoms with van der Waals surface area (Å²) in [5.74, 6) is 0.353. The Balaban J connectivity index is 2.58. The lowest BCUT2D eigenvalue weighted by Crippen LogP contribution is -2.53. The monoisotopic (exact) mass is 342 g/mol. The van der Waals surface area contributed by atoms with E-state index in [0.29, 0.717) is 5.92 Å². The van der Waals surface area contributed by atoms with Crippen molar-refractivity contribution in [2.75, 3.05) is 0 Å². The maximum absolute atomic E-state index is 12.6. The molecule has 1 saturated carbocycles. The minimum Gasteiger partial charge on any atom is -0.444 e. The number of amides is 2. The van der Waals surface area contributed by atoms with Crippen LogP contribution >= 0.6 is 0 Å². The predicted molar refractivity (Wildman–Crippen MR) is 93.5 cm³/mol. The van der Waals surface area contributed by atoms with Crippen LogP contribution < -0.4 is 10.6 Å². The second kappa shape index (κ2) is 8.70. The molecule has 2 amide bonds. The molecule has 6 heteroatoms. The van der Waals surface area contributed by atoms with Crippen molar-refractivity contribution in [1.82, 2.24) is 10.6 Å². The molecule has 0 aromatic heterocycles. The van der Waals surface area contributed by atoms with Crippen molar-refractivity contribution in [3.05, 3.63) is 0 Å². The second-order valence-electron chi connectivity index (χ2n) is 7.84. The van der Waals surface area contributed by atoms with Gasteiger partial charge in [-0.3, -0.25) is 4.79 Å². The molecule has 0 spiro atoms. The van der Waals surface area contributed by atoms with Gasteiger partial charge in [0.05, 0.1) is 6.10 Å².